The zero-order chi connectivity index (χ0) is 15.5. The van der Waals surface area contributed by atoms with Crippen molar-refractivity contribution in [1.29, 1.82) is 0 Å². The molecule has 0 bridgehead atoms. The lowest BCUT2D eigenvalue weighted by Gasteiger charge is -2.38. The topological polar surface area (TPSA) is 50.5 Å². The second kappa shape index (κ2) is 6.56. The van der Waals surface area contributed by atoms with Crippen LogP contribution in [0.4, 0.5) is 11.4 Å². The normalized spacial score (nSPS) is 18.7. The molecule has 4 heteroatoms. The number of nitrogens with one attached hydrogen (secondary N) is 1. The highest BCUT2D eigenvalue weighted by Gasteiger charge is 2.28. The number of hydrogen-bond acceptors (Lipinski definition) is 4. The minimum atomic E-state index is 0.158. The summed E-state index contributed by atoms with van der Waals surface area (Å²) in [5, 5.41) is 3.55. The Balaban J connectivity index is 1.97. The summed E-state index contributed by atoms with van der Waals surface area (Å²) in [5.41, 5.74) is 8.11. The smallest absolute Gasteiger partial charge is 0.123 e. The van der Waals surface area contributed by atoms with Gasteiger partial charge in [-0.1, -0.05) is 6.92 Å². The number of nitrogens with zero attached hydrogens (tertiary/aromatic N) is 1. The van der Waals surface area contributed by atoms with E-state index in [0.717, 1.165) is 23.7 Å². The van der Waals surface area contributed by atoms with Crippen molar-refractivity contribution in [2.45, 2.75) is 39.7 Å². The molecule has 0 radical (unpaired) electrons. The monoisotopic (exact) mass is 291 g/mol. The van der Waals surface area contributed by atoms with Gasteiger partial charge in [0.15, 0.2) is 0 Å². The standard InChI is InChI=1S/C17H29N3O/c1-13(2)21-16-10-14(18)9-15(11-16)19-12-17(3)5-7-20(4)8-6-17/h9-11,13,19H,5-8,12,18H2,1-4H3. The van der Waals surface area contributed by atoms with E-state index in [1.54, 1.807) is 0 Å². The van der Waals surface area contributed by atoms with E-state index < -0.39 is 0 Å². The third-order valence-corrected chi connectivity index (χ3v) is 4.21. The molecule has 2 rings (SSSR count). The predicted octanol–water partition coefficient (Wildman–Crippen LogP) is 3.20. The number of nitrogens with two attached hydrogens (primary N) is 1. The minimum absolute atomic E-state index is 0.158. The molecule has 0 spiro atoms. The molecule has 0 saturated carbocycles. The summed E-state index contributed by atoms with van der Waals surface area (Å²) in [6.07, 6.45) is 2.62. The number of benzene rings is 1. The van der Waals surface area contributed by atoms with E-state index in [9.17, 15) is 0 Å². The fraction of sp³-hybridized carbons (Fsp3) is 0.647. The molecule has 4 nitrogen and oxygen atoms in total. The van der Waals surface area contributed by atoms with E-state index in [-0.39, 0.29) is 6.10 Å². The third-order valence-electron chi connectivity index (χ3n) is 4.21. The number of nitrogen functional groups attached to an aromatic ring is 1. The zero-order valence-corrected chi connectivity index (χ0v) is 13.8. The molecule has 0 atom stereocenters. The lowest BCUT2D eigenvalue weighted by atomic mass is 9.80. The lowest BCUT2D eigenvalue weighted by Crippen LogP contribution is -2.40. The highest BCUT2D eigenvalue weighted by Crippen LogP contribution is 2.31. The maximum Gasteiger partial charge on any atom is 0.123 e. The van der Waals surface area contributed by atoms with Crippen LogP contribution in [0.2, 0.25) is 0 Å². The largest absolute Gasteiger partial charge is 0.491 e. The molecule has 1 aliphatic rings. The minimum Gasteiger partial charge on any atom is -0.491 e. The Morgan fingerprint density at radius 3 is 2.57 bits per heavy atom. The van der Waals surface area contributed by atoms with Gasteiger partial charge in [-0.25, -0.2) is 0 Å². The molecular formula is C17H29N3O. The molecule has 0 amide bonds. The van der Waals surface area contributed by atoms with Crippen molar-refractivity contribution in [2.75, 3.05) is 37.7 Å². The molecule has 118 valence electrons. The van der Waals surface area contributed by atoms with Crippen LogP contribution in [0, 0.1) is 5.41 Å². The quantitative estimate of drug-likeness (QED) is 0.818. The molecule has 0 unspecified atom stereocenters. The third kappa shape index (κ3) is 4.81. The maximum atomic E-state index is 5.97. The van der Waals surface area contributed by atoms with Crippen LogP contribution in [0.15, 0.2) is 18.2 Å². The van der Waals surface area contributed by atoms with E-state index in [1.165, 1.54) is 25.9 Å². The van der Waals surface area contributed by atoms with Crippen LogP contribution in [-0.2, 0) is 0 Å². The molecule has 0 aliphatic carbocycles. The van der Waals surface area contributed by atoms with Gasteiger partial charge in [0.05, 0.1) is 6.10 Å². The van der Waals surface area contributed by atoms with Crippen molar-refractivity contribution in [3.63, 3.8) is 0 Å². The number of likely N-dealkylation sites (tertiary alicyclic amines) is 1. The molecule has 1 saturated heterocycles. The molecule has 1 aromatic carbocycles. The Morgan fingerprint density at radius 1 is 1.29 bits per heavy atom. The van der Waals surface area contributed by atoms with Gasteiger partial charge in [0, 0.05) is 30.1 Å². The molecule has 1 heterocycles. The van der Waals surface area contributed by atoms with E-state index in [4.69, 9.17) is 10.5 Å². The fourth-order valence-corrected chi connectivity index (χ4v) is 2.71. The van der Waals surface area contributed by atoms with Crippen LogP contribution in [0.3, 0.4) is 0 Å². The van der Waals surface area contributed by atoms with Gasteiger partial charge in [0.2, 0.25) is 0 Å². The van der Waals surface area contributed by atoms with Gasteiger partial charge in [0.1, 0.15) is 5.75 Å². The first kappa shape index (κ1) is 16.0. The number of piperidine rings is 1. The van der Waals surface area contributed by atoms with Gasteiger partial charge < -0.3 is 20.7 Å². The summed E-state index contributed by atoms with van der Waals surface area (Å²) in [7, 11) is 2.19. The van der Waals surface area contributed by atoms with Crippen LogP contribution in [0.5, 0.6) is 5.75 Å². The lowest BCUT2D eigenvalue weighted by molar-refractivity contribution is 0.150. The average Bonchev–Trinajstić information content (AvgIpc) is 2.39. The summed E-state index contributed by atoms with van der Waals surface area (Å²) in [5.74, 6) is 0.834. The molecule has 1 fully saturated rings. The SMILES string of the molecule is CC(C)Oc1cc(N)cc(NCC2(C)CCN(C)CC2)c1. The van der Waals surface area contributed by atoms with Crippen LogP contribution in [0.1, 0.15) is 33.6 Å². The van der Waals surface area contributed by atoms with E-state index in [0.29, 0.717) is 5.41 Å². The Bertz CT molecular complexity index is 465. The maximum absolute atomic E-state index is 5.97. The molecule has 3 N–H and O–H groups in total. The molecular weight excluding hydrogens is 262 g/mol. The Labute approximate surface area is 128 Å². The number of rotatable bonds is 5. The predicted molar refractivity (Wildman–Crippen MR) is 89.9 cm³/mol. The number of hydrogen-bond donors (Lipinski definition) is 2. The Morgan fingerprint density at radius 2 is 1.95 bits per heavy atom. The van der Waals surface area contributed by atoms with Crippen LogP contribution >= 0.6 is 0 Å². The van der Waals surface area contributed by atoms with E-state index in [1.807, 2.05) is 32.0 Å². The Hall–Kier alpha value is -1.42. The molecule has 1 aliphatic heterocycles. The second-order valence-corrected chi connectivity index (χ2v) is 6.92. The second-order valence-electron chi connectivity index (χ2n) is 6.92. The highest BCUT2D eigenvalue weighted by molar-refractivity contribution is 5.59. The first-order valence-corrected chi connectivity index (χ1v) is 7.86. The molecule has 0 aromatic heterocycles. The van der Waals surface area contributed by atoms with E-state index in [2.05, 4.69) is 24.2 Å². The van der Waals surface area contributed by atoms with Crippen molar-refractivity contribution >= 4 is 11.4 Å². The highest BCUT2D eigenvalue weighted by atomic mass is 16.5. The summed E-state index contributed by atoms with van der Waals surface area (Å²) >= 11 is 0. The van der Waals surface area contributed by atoms with Crippen molar-refractivity contribution in [1.82, 2.24) is 4.90 Å². The summed E-state index contributed by atoms with van der Waals surface area (Å²) in [6, 6.07) is 5.89. The van der Waals surface area contributed by atoms with Gasteiger partial charge >= 0.3 is 0 Å². The summed E-state index contributed by atoms with van der Waals surface area (Å²) < 4.78 is 5.74. The number of anilines is 2. The van der Waals surface area contributed by atoms with Gasteiger partial charge in [-0.15, -0.1) is 0 Å². The van der Waals surface area contributed by atoms with Crippen molar-refractivity contribution in [3.05, 3.63) is 18.2 Å². The molecule has 21 heavy (non-hydrogen) atoms. The Kier molecular flexibility index (Phi) is 4.99. The van der Waals surface area contributed by atoms with Crippen molar-refractivity contribution in [3.8, 4) is 5.75 Å². The van der Waals surface area contributed by atoms with Gasteiger partial charge in [-0.2, -0.15) is 0 Å². The average molecular weight is 291 g/mol. The first-order valence-electron chi connectivity index (χ1n) is 7.86. The molecule has 1 aromatic rings. The van der Waals surface area contributed by atoms with E-state index >= 15 is 0 Å². The number of ether oxygens (including phenoxy) is 1. The van der Waals surface area contributed by atoms with Crippen LogP contribution < -0.4 is 15.8 Å². The van der Waals surface area contributed by atoms with Crippen molar-refractivity contribution in [2.24, 2.45) is 5.41 Å². The van der Waals surface area contributed by atoms with Crippen molar-refractivity contribution < 1.29 is 4.74 Å². The fourth-order valence-electron chi connectivity index (χ4n) is 2.71. The zero-order valence-electron chi connectivity index (χ0n) is 13.8. The van der Waals surface area contributed by atoms with Gasteiger partial charge in [-0.05, 0) is 58.3 Å². The van der Waals surface area contributed by atoms with Crippen LogP contribution in [0.25, 0.3) is 0 Å². The summed E-state index contributed by atoms with van der Waals surface area (Å²) in [6.45, 7) is 9.75. The van der Waals surface area contributed by atoms with Crippen LogP contribution in [-0.4, -0.2) is 37.7 Å². The van der Waals surface area contributed by atoms with Gasteiger partial charge in [0.25, 0.3) is 0 Å². The summed E-state index contributed by atoms with van der Waals surface area (Å²) in [4.78, 5) is 2.40. The van der Waals surface area contributed by atoms with Gasteiger partial charge in [-0.3, -0.25) is 0 Å². The first-order chi connectivity index (χ1) is 9.86.